The number of amides is 1. The monoisotopic (exact) mass is 284 g/mol. The standard InChI is InChI=1S/C11H13ClN4OS/c1-2-3-13-9(17)6-18-11-15-8-4-7(12)5-14-10(8)16-11/h4-5H,2-3,6H2,1H3,(H,13,17)(H,14,15,16). The molecule has 2 heterocycles. The number of hydrogen-bond acceptors (Lipinski definition) is 4. The highest BCUT2D eigenvalue weighted by atomic mass is 35.5. The summed E-state index contributed by atoms with van der Waals surface area (Å²) < 4.78 is 0. The minimum Gasteiger partial charge on any atom is -0.355 e. The highest BCUT2D eigenvalue weighted by Crippen LogP contribution is 2.20. The number of nitrogens with zero attached hydrogens (tertiary/aromatic N) is 2. The van der Waals surface area contributed by atoms with E-state index in [2.05, 4.69) is 20.3 Å². The molecule has 2 rings (SSSR count). The molecule has 0 aromatic carbocycles. The quantitative estimate of drug-likeness (QED) is 0.826. The maximum atomic E-state index is 11.4. The average Bonchev–Trinajstić information content (AvgIpc) is 2.75. The van der Waals surface area contributed by atoms with Gasteiger partial charge < -0.3 is 10.3 Å². The minimum absolute atomic E-state index is 0.00768. The van der Waals surface area contributed by atoms with E-state index in [9.17, 15) is 4.79 Å². The molecule has 0 radical (unpaired) electrons. The number of pyridine rings is 1. The van der Waals surface area contributed by atoms with Crippen LogP contribution in [0.3, 0.4) is 0 Å². The van der Waals surface area contributed by atoms with Crippen LogP contribution < -0.4 is 5.32 Å². The smallest absolute Gasteiger partial charge is 0.230 e. The molecule has 96 valence electrons. The van der Waals surface area contributed by atoms with Crippen LogP contribution in [0.25, 0.3) is 11.2 Å². The lowest BCUT2D eigenvalue weighted by Crippen LogP contribution is -2.25. The van der Waals surface area contributed by atoms with Crippen molar-refractivity contribution in [2.75, 3.05) is 12.3 Å². The van der Waals surface area contributed by atoms with E-state index in [-0.39, 0.29) is 5.91 Å². The van der Waals surface area contributed by atoms with Crippen molar-refractivity contribution in [3.05, 3.63) is 17.3 Å². The van der Waals surface area contributed by atoms with Crippen LogP contribution in [-0.2, 0) is 4.79 Å². The molecule has 2 aromatic rings. The molecule has 0 spiro atoms. The predicted octanol–water partition coefficient (Wildman–Crippen LogP) is 2.23. The SMILES string of the molecule is CCCNC(=O)CSc1nc2ncc(Cl)cc2[nH]1. The second kappa shape index (κ2) is 6.06. The Morgan fingerprint density at radius 3 is 3.22 bits per heavy atom. The number of fused-ring (bicyclic) bond motifs is 1. The summed E-state index contributed by atoms with van der Waals surface area (Å²) in [4.78, 5) is 22.9. The second-order valence-electron chi connectivity index (χ2n) is 3.71. The van der Waals surface area contributed by atoms with Crippen LogP contribution in [-0.4, -0.2) is 33.2 Å². The minimum atomic E-state index is 0.00768. The van der Waals surface area contributed by atoms with Gasteiger partial charge in [-0.25, -0.2) is 9.97 Å². The third kappa shape index (κ3) is 3.36. The van der Waals surface area contributed by atoms with Gasteiger partial charge in [0, 0.05) is 12.7 Å². The van der Waals surface area contributed by atoms with Crippen molar-refractivity contribution in [2.24, 2.45) is 0 Å². The van der Waals surface area contributed by atoms with Gasteiger partial charge >= 0.3 is 0 Å². The van der Waals surface area contributed by atoms with Crippen molar-refractivity contribution < 1.29 is 4.79 Å². The number of rotatable bonds is 5. The number of imidazole rings is 1. The first kappa shape index (κ1) is 13.2. The largest absolute Gasteiger partial charge is 0.355 e. The van der Waals surface area contributed by atoms with E-state index in [1.807, 2.05) is 6.92 Å². The average molecular weight is 285 g/mol. The fraction of sp³-hybridized carbons (Fsp3) is 0.364. The second-order valence-corrected chi connectivity index (χ2v) is 5.11. The summed E-state index contributed by atoms with van der Waals surface area (Å²) in [5.74, 6) is 0.349. The Hall–Kier alpha value is -1.27. The number of hydrogen-bond donors (Lipinski definition) is 2. The van der Waals surface area contributed by atoms with Crippen LogP contribution in [0.4, 0.5) is 0 Å². The van der Waals surface area contributed by atoms with E-state index in [4.69, 9.17) is 11.6 Å². The number of aromatic nitrogens is 3. The van der Waals surface area contributed by atoms with E-state index in [0.29, 0.717) is 28.1 Å². The van der Waals surface area contributed by atoms with Crippen molar-refractivity contribution >= 4 is 40.4 Å². The van der Waals surface area contributed by atoms with Crippen LogP contribution in [0.2, 0.25) is 5.02 Å². The molecule has 7 heteroatoms. The molecule has 2 aromatic heterocycles. The number of nitrogens with one attached hydrogen (secondary N) is 2. The van der Waals surface area contributed by atoms with Gasteiger partial charge in [0.2, 0.25) is 5.91 Å². The van der Waals surface area contributed by atoms with E-state index in [1.54, 1.807) is 12.3 Å². The maximum absolute atomic E-state index is 11.4. The Labute approximate surface area is 114 Å². The van der Waals surface area contributed by atoms with Gasteiger partial charge in [-0.2, -0.15) is 0 Å². The van der Waals surface area contributed by atoms with E-state index in [1.165, 1.54) is 11.8 Å². The summed E-state index contributed by atoms with van der Waals surface area (Å²) in [5, 5.41) is 4.04. The zero-order chi connectivity index (χ0) is 13.0. The predicted molar refractivity (Wildman–Crippen MR) is 72.9 cm³/mol. The van der Waals surface area contributed by atoms with Gasteiger partial charge in [0.25, 0.3) is 0 Å². The Bertz CT molecular complexity index is 557. The van der Waals surface area contributed by atoms with Gasteiger partial charge in [0.05, 0.1) is 16.3 Å². The summed E-state index contributed by atoms with van der Waals surface area (Å²) in [7, 11) is 0. The number of thioether (sulfide) groups is 1. The Balaban J connectivity index is 1.97. The summed E-state index contributed by atoms with van der Waals surface area (Å²) in [6.45, 7) is 2.72. The normalized spacial score (nSPS) is 10.8. The number of carbonyl (C=O) groups is 1. The Morgan fingerprint density at radius 2 is 2.44 bits per heavy atom. The molecular formula is C11H13ClN4OS. The Morgan fingerprint density at radius 1 is 1.61 bits per heavy atom. The molecule has 0 aliphatic rings. The van der Waals surface area contributed by atoms with Crippen molar-refractivity contribution in [3.8, 4) is 0 Å². The lowest BCUT2D eigenvalue weighted by molar-refractivity contribution is -0.118. The van der Waals surface area contributed by atoms with E-state index >= 15 is 0 Å². The Kier molecular flexibility index (Phi) is 4.43. The van der Waals surface area contributed by atoms with Crippen LogP contribution in [0.1, 0.15) is 13.3 Å². The van der Waals surface area contributed by atoms with Crippen LogP contribution in [0.15, 0.2) is 17.4 Å². The summed E-state index contributed by atoms with van der Waals surface area (Å²) >= 11 is 7.18. The van der Waals surface area contributed by atoms with Gasteiger partial charge in [0.15, 0.2) is 10.8 Å². The van der Waals surface area contributed by atoms with Crippen molar-refractivity contribution in [1.29, 1.82) is 0 Å². The molecule has 5 nitrogen and oxygen atoms in total. The van der Waals surface area contributed by atoms with Gasteiger partial charge in [-0.1, -0.05) is 30.3 Å². The number of aromatic amines is 1. The first-order chi connectivity index (χ1) is 8.69. The lowest BCUT2D eigenvalue weighted by atomic mass is 10.4. The number of H-pyrrole nitrogens is 1. The zero-order valence-corrected chi connectivity index (χ0v) is 11.4. The molecule has 0 saturated carbocycles. The highest BCUT2D eigenvalue weighted by molar-refractivity contribution is 7.99. The summed E-state index contributed by atoms with van der Waals surface area (Å²) in [6, 6.07) is 1.76. The van der Waals surface area contributed by atoms with E-state index < -0.39 is 0 Å². The van der Waals surface area contributed by atoms with Crippen molar-refractivity contribution in [3.63, 3.8) is 0 Å². The molecular weight excluding hydrogens is 272 g/mol. The molecule has 0 aliphatic heterocycles. The first-order valence-electron chi connectivity index (χ1n) is 5.60. The van der Waals surface area contributed by atoms with E-state index in [0.717, 1.165) is 11.9 Å². The van der Waals surface area contributed by atoms with Crippen LogP contribution >= 0.6 is 23.4 Å². The highest BCUT2D eigenvalue weighted by Gasteiger charge is 2.07. The molecule has 0 fully saturated rings. The lowest BCUT2D eigenvalue weighted by Gasteiger charge is -2.00. The fourth-order valence-electron chi connectivity index (χ4n) is 1.37. The molecule has 2 N–H and O–H groups in total. The van der Waals surface area contributed by atoms with Gasteiger partial charge in [0.1, 0.15) is 0 Å². The molecule has 0 saturated heterocycles. The molecule has 0 atom stereocenters. The third-order valence-corrected chi connectivity index (χ3v) is 3.27. The number of halogens is 1. The first-order valence-corrected chi connectivity index (χ1v) is 6.96. The van der Waals surface area contributed by atoms with Crippen LogP contribution in [0.5, 0.6) is 0 Å². The summed E-state index contributed by atoms with van der Waals surface area (Å²) in [6.07, 6.45) is 2.48. The zero-order valence-electron chi connectivity index (χ0n) is 9.86. The van der Waals surface area contributed by atoms with Crippen LogP contribution in [0, 0.1) is 0 Å². The topological polar surface area (TPSA) is 70.7 Å². The fourth-order valence-corrected chi connectivity index (χ4v) is 2.23. The molecule has 18 heavy (non-hydrogen) atoms. The molecule has 0 unspecified atom stereocenters. The van der Waals surface area contributed by atoms with Crippen molar-refractivity contribution in [2.45, 2.75) is 18.5 Å². The van der Waals surface area contributed by atoms with Gasteiger partial charge in [-0.3, -0.25) is 4.79 Å². The molecule has 0 bridgehead atoms. The summed E-state index contributed by atoms with van der Waals surface area (Å²) in [5.41, 5.74) is 1.38. The van der Waals surface area contributed by atoms with Gasteiger partial charge in [-0.15, -0.1) is 0 Å². The third-order valence-electron chi connectivity index (χ3n) is 2.19. The molecule has 0 aliphatic carbocycles. The van der Waals surface area contributed by atoms with Crippen molar-refractivity contribution in [1.82, 2.24) is 20.3 Å². The number of carbonyl (C=O) groups excluding carboxylic acids is 1. The van der Waals surface area contributed by atoms with Gasteiger partial charge in [-0.05, 0) is 12.5 Å². The molecule has 1 amide bonds. The maximum Gasteiger partial charge on any atom is 0.230 e.